The summed E-state index contributed by atoms with van der Waals surface area (Å²) < 4.78 is 50.3. The molecule has 0 spiro atoms. The number of methoxy groups -OCH3 is 2. The molecular weight excluding hydrogens is 541 g/mol. The monoisotopic (exact) mass is 570 g/mol. The normalized spacial score (nSPS) is 12.8. The fourth-order valence-electron chi connectivity index (χ4n) is 3.86. The Bertz CT molecular complexity index is 1330. The third-order valence-corrected chi connectivity index (χ3v) is 6.04. The van der Waals surface area contributed by atoms with Crippen LogP contribution in [-0.4, -0.2) is 55.7 Å². The lowest BCUT2D eigenvalue weighted by atomic mass is 10.0. The van der Waals surface area contributed by atoms with Crippen molar-refractivity contribution in [2.24, 2.45) is 0 Å². The highest BCUT2D eigenvalue weighted by Gasteiger charge is 2.41. The molecule has 3 rings (SSSR count). The summed E-state index contributed by atoms with van der Waals surface area (Å²) in [5.41, 5.74) is 1.29. The van der Waals surface area contributed by atoms with Gasteiger partial charge in [-0.1, -0.05) is 60.7 Å². The van der Waals surface area contributed by atoms with E-state index in [0.717, 1.165) is 0 Å². The topological polar surface area (TPSA) is 119 Å². The first-order chi connectivity index (χ1) is 19.6. The zero-order valence-corrected chi connectivity index (χ0v) is 22.3. The van der Waals surface area contributed by atoms with Crippen molar-refractivity contribution in [2.45, 2.75) is 24.4 Å². The number of aromatic nitrogens is 1. The second-order valence-electron chi connectivity index (χ2n) is 8.75. The van der Waals surface area contributed by atoms with E-state index in [1.165, 1.54) is 32.7 Å². The number of carbonyl (C=O) groups is 3. The van der Waals surface area contributed by atoms with E-state index in [9.17, 15) is 27.6 Å². The van der Waals surface area contributed by atoms with Gasteiger partial charge in [0.25, 0.3) is 5.91 Å². The van der Waals surface area contributed by atoms with E-state index in [4.69, 9.17) is 9.47 Å². The van der Waals surface area contributed by atoms with Gasteiger partial charge in [0.05, 0.1) is 6.54 Å². The van der Waals surface area contributed by atoms with Crippen LogP contribution in [0.15, 0.2) is 90.9 Å². The van der Waals surface area contributed by atoms with Gasteiger partial charge in [0, 0.05) is 38.6 Å². The van der Waals surface area contributed by atoms with Gasteiger partial charge < -0.3 is 25.4 Å². The minimum absolute atomic E-state index is 0.205. The Kier molecular flexibility index (Phi) is 10.7. The molecule has 3 amide bonds. The summed E-state index contributed by atoms with van der Waals surface area (Å²) in [6, 6.07) is 18.3. The molecule has 0 radical (unpaired) electrons. The molecule has 0 unspecified atom stereocenters. The van der Waals surface area contributed by atoms with Crippen LogP contribution in [0.2, 0.25) is 0 Å². The molecule has 0 bridgehead atoms. The number of alkyl halides is 3. The molecule has 3 N–H and O–H groups in total. The van der Waals surface area contributed by atoms with Crippen LogP contribution < -0.4 is 16.0 Å². The first kappa shape index (κ1) is 31.0. The number of hydrogen-bond acceptors (Lipinski definition) is 6. The first-order valence-corrected chi connectivity index (χ1v) is 12.4. The second kappa shape index (κ2) is 14.2. The number of hydrogen-bond donors (Lipinski definition) is 3. The lowest BCUT2D eigenvalue weighted by Crippen LogP contribution is -2.52. The highest BCUT2D eigenvalue weighted by Crippen LogP contribution is 2.25. The number of rotatable bonds is 12. The maximum atomic E-state index is 13.4. The van der Waals surface area contributed by atoms with Crippen molar-refractivity contribution < 1.29 is 37.0 Å². The number of pyridine rings is 1. The van der Waals surface area contributed by atoms with Crippen molar-refractivity contribution in [3.05, 3.63) is 108 Å². The maximum absolute atomic E-state index is 13.4. The van der Waals surface area contributed by atoms with Gasteiger partial charge >= 0.3 is 12.1 Å². The van der Waals surface area contributed by atoms with E-state index in [2.05, 4.69) is 15.6 Å². The molecule has 3 aromatic rings. The quantitative estimate of drug-likeness (QED) is 0.228. The SMILES string of the molecule is COC(CNC(=O)/C(=C/c1ccccc1)NC(=O)[C@H](Cc1ccccc1)NC(=O)C(F)(F)F)(OC)c1ccncc1. The average molecular weight is 571 g/mol. The summed E-state index contributed by atoms with van der Waals surface area (Å²) in [6.45, 7) is -0.205. The molecule has 41 heavy (non-hydrogen) atoms. The number of amides is 3. The maximum Gasteiger partial charge on any atom is 0.471 e. The fourth-order valence-corrected chi connectivity index (χ4v) is 3.86. The minimum atomic E-state index is -5.22. The van der Waals surface area contributed by atoms with Crippen LogP contribution in [0.1, 0.15) is 16.7 Å². The number of carbonyl (C=O) groups excluding carboxylic acids is 3. The lowest BCUT2D eigenvalue weighted by Gasteiger charge is -2.31. The largest absolute Gasteiger partial charge is 0.471 e. The summed E-state index contributed by atoms with van der Waals surface area (Å²) in [7, 11) is 2.77. The minimum Gasteiger partial charge on any atom is -0.348 e. The summed E-state index contributed by atoms with van der Waals surface area (Å²) in [4.78, 5) is 42.4. The molecule has 0 fully saturated rings. The Morgan fingerprint density at radius 1 is 0.902 bits per heavy atom. The molecular formula is C29H29F3N4O5. The Balaban J connectivity index is 1.89. The molecule has 0 aliphatic rings. The predicted molar refractivity (Wildman–Crippen MR) is 144 cm³/mol. The zero-order valence-electron chi connectivity index (χ0n) is 22.3. The van der Waals surface area contributed by atoms with Gasteiger partial charge in [-0.05, 0) is 29.3 Å². The highest BCUT2D eigenvalue weighted by molar-refractivity contribution is 6.02. The van der Waals surface area contributed by atoms with Gasteiger partial charge in [-0.3, -0.25) is 19.4 Å². The Labute approximate surface area is 234 Å². The molecule has 216 valence electrons. The third kappa shape index (κ3) is 8.72. The van der Waals surface area contributed by atoms with E-state index >= 15 is 0 Å². The third-order valence-electron chi connectivity index (χ3n) is 6.04. The molecule has 1 heterocycles. The van der Waals surface area contributed by atoms with Crippen LogP contribution in [0.25, 0.3) is 6.08 Å². The second-order valence-corrected chi connectivity index (χ2v) is 8.75. The standard InChI is InChI=1S/C29H29F3N4O5/c1-40-28(41-2,22-13-15-33-16-14-22)19-34-25(37)23(17-20-9-5-3-6-10-20)35-26(38)24(36-27(39)29(30,31)32)18-21-11-7-4-8-12-21/h3-17,24H,18-19H2,1-2H3,(H,34,37)(H,35,38)(H,36,39)/b23-17-/t24-/m0/s1. The number of benzene rings is 2. The van der Waals surface area contributed by atoms with Crippen molar-refractivity contribution in [3.63, 3.8) is 0 Å². The number of halogens is 3. The molecule has 12 heteroatoms. The number of ether oxygens (including phenoxy) is 2. The van der Waals surface area contributed by atoms with Crippen molar-refractivity contribution in [3.8, 4) is 0 Å². The van der Waals surface area contributed by atoms with Gasteiger partial charge in [0.15, 0.2) is 0 Å². The van der Waals surface area contributed by atoms with Gasteiger partial charge in [-0.2, -0.15) is 13.2 Å². The Morgan fingerprint density at radius 2 is 1.49 bits per heavy atom. The van der Waals surface area contributed by atoms with Gasteiger partial charge in [-0.25, -0.2) is 0 Å². The van der Waals surface area contributed by atoms with E-state index in [-0.39, 0.29) is 18.7 Å². The average Bonchev–Trinajstić information content (AvgIpc) is 2.98. The van der Waals surface area contributed by atoms with E-state index in [1.54, 1.807) is 78.1 Å². The van der Waals surface area contributed by atoms with Gasteiger partial charge in [0.1, 0.15) is 11.7 Å². The molecule has 1 aromatic heterocycles. The van der Waals surface area contributed by atoms with Crippen molar-refractivity contribution >= 4 is 23.8 Å². The zero-order chi connectivity index (χ0) is 29.9. The molecule has 1 atom stereocenters. The van der Waals surface area contributed by atoms with Crippen LogP contribution in [0, 0.1) is 0 Å². The van der Waals surface area contributed by atoms with E-state index in [0.29, 0.717) is 16.7 Å². The molecule has 2 aromatic carbocycles. The number of nitrogens with one attached hydrogen (secondary N) is 3. The van der Waals surface area contributed by atoms with Crippen LogP contribution in [0.5, 0.6) is 0 Å². The Morgan fingerprint density at radius 3 is 2.05 bits per heavy atom. The van der Waals surface area contributed by atoms with E-state index < -0.39 is 35.7 Å². The Hall–Kier alpha value is -4.55. The van der Waals surface area contributed by atoms with Gasteiger partial charge in [0.2, 0.25) is 11.7 Å². The van der Waals surface area contributed by atoms with Gasteiger partial charge in [-0.15, -0.1) is 0 Å². The van der Waals surface area contributed by atoms with Crippen LogP contribution in [0.4, 0.5) is 13.2 Å². The summed E-state index contributed by atoms with van der Waals surface area (Å²) in [5, 5.41) is 6.76. The molecule has 9 nitrogen and oxygen atoms in total. The summed E-state index contributed by atoms with van der Waals surface area (Å²) in [6.07, 6.45) is -1.08. The van der Waals surface area contributed by atoms with Crippen LogP contribution in [0.3, 0.4) is 0 Å². The summed E-state index contributed by atoms with van der Waals surface area (Å²) >= 11 is 0. The predicted octanol–water partition coefficient (Wildman–Crippen LogP) is 3.09. The number of nitrogens with zero attached hydrogens (tertiary/aromatic N) is 1. The first-order valence-electron chi connectivity index (χ1n) is 12.4. The molecule has 0 saturated heterocycles. The lowest BCUT2D eigenvalue weighted by molar-refractivity contribution is -0.212. The van der Waals surface area contributed by atoms with Crippen LogP contribution in [-0.2, 0) is 36.1 Å². The van der Waals surface area contributed by atoms with Crippen molar-refractivity contribution in [2.75, 3.05) is 20.8 Å². The van der Waals surface area contributed by atoms with E-state index in [1.807, 2.05) is 0 Å². The highest BCUT2D eigenvalue weighted by atomic mass is 19.4. The fraction of sp³-hybridized carbons (Fsp3) is 0.241. The smallest absolute Gasteiger partial charge is 0.348 e. The van der Waals surface area contributed by atoms with Crippen LogP contribution >= 0.6 is 0 Å². The van der Waals surface area contributed by atoms with Crippen molar-refractivity contribution in [1.29, 1.82) is 0 Å². The molecule has 0 aliphatic carbocycles. The van der Waals surface area contributed by atoms with Crippen molar-refractivity contribution in [1.82, 2.24) is 20.9 Å². The molecule has 0 aliphatic heterocycles. The summed E-state index contributed by atoms with van der Waals surface area (Å²) in [5.74, 6) is -5.50. The molecule has 0 saturated carbocycles.